The summed E-state index contributed by atoms with van der Waals surface area (Å²) in [4.78, 5) is 23.3. The summed E-state index contributed by atoms with van der Waals surface area (Å²) in [7, 11) is 0. The number of carboxylic acids is 1. The van der Waals surface area contributed by atoms with Crippen LogP contribution in [0.15, 0.2) is 48.5 Å². The molecule has 1 aliphatic carbocycles. The molecule has 0 bridgehead atoms. The van der Waals surface area contributed by atoms with Crippen LogP contribution in [0.4, 0.5) is 18.0 Å². The third kappa shape index (κ3) is 5.07. The summed E-state index contributed by atoms with van der Waals surface area (Å²) in [6.07, 6.45) is -7.18. The smallest absolute Gasteiger partial charge is 0.407 e. The molecule has 0 fully saturated rings. The predicted molar refractivity (Wildman–Crippen MR) is 99.5 cm³/mol. The summed E-state index contributed by atoms with van der Waals surface area (Å²) in [5.74, 6) is -1.60. The Labute approximate surface area is 165 Å². The summed E-state index contributed by atoms with van der Waals surface area (Å²) in [6.45, 7) is -0.00521. The number of hydrogen-bond donors (Lipinski definition) is 2. The number of nitrogens with one attached hydrogen (secondary N) is 1. The highest BCUT2D eigenvalue weighted by Crippen LogP contribution is 2.44. The molecule has 1 aliphatic rings. The molecule has 1 amide bonds. The highest BCUT2D eigenvalue weighted by Gasteiger charge is 2.31. The van der Waals surface area contributed by atoms with Crippen LogP contribution >= 0.6 is 0 Å². The molecule has 2 aromatic rings. The molecule has 0 radical (unpaired) electrons. The molecule has 2 aromatic carbocycles. The summed E-state index contributed by atoms with van der Waals surface area (Å²) >= 11 is 0. The molecule has 0 unspecified atom stereocenters. The van der Waals surface area contributed by atoms with Crippen molar-refractivity contribution in [2.45, 2.75) is 37.4 Å². The first-order chi connectivity index (χ1) is 13.8. The van der Waals surface area contributed by atoms with Gasteiger partial charge in [-0.1, -0.05) is 48.5 Å². The normalized spacial score (nSPS) is 14.0. The Morgan fingerprint density at radius 3 is 2.10 bits per heavy atom. The van der Waals surface area contributed by atoms with Gasteiger partial charge < -0.3 is 15.2 Å². The van der Waals surface area contributed by atoms with Crippen LogP contribution in [0.5, 0.6) is 0 Å². The molecule has 2 N–H and O–H groups in total. The average Bonchev–Trinajstić information content (AvgIpc) is 2.98. The van der Waals surface area contributed by atoms with Crippen LogP contribution in [0, 0.1) is 0 Å². The zero-order valence-corrected chi connectivity index (χ0v) is 15.4. The fourth-order valence-electron chi connectivity index (χ4n) is 3.55. The number of aliphatic carboxylic acids is 1. The van der Waals surface area contributed by atoms with Gasteiger partial charge in [0.1, 0.15) is 12.6 Å². The molecule has 0 heterocycles. The second-order valence-corrected chi connectivity index (χ2v) is 6.87. The topological polar surface area (TPSA) is 75.6 Å². The largest absolute Gasteiger partial charge is 0.480 e. The number of carbonyl (C=O) groups excluding carboxylic acids is 1. The molecular weight excluding hydrogens is 387 g/mol. The fourth-order valence-corrected chi connectivity index (χ4v) is 3.55. The van der Waals surface area contributed by atoms with Crippen molar-refractivity contribution in [2.75, 3.05) is 6.61 Å². The molecule has 0 saturated carbocycles. The van der Waals surface area contributed by atoms with E-state index in [-0.39, 0.29) is 18.9 Å². The van der Waals surface area contributed by atoms with Gasteiger partial charge in [-0.2, -0.15) is 13.2 Å². The molecule has 3 rings (SSSR count). The number of alkyl carbamates (subject to hydrolysis) is 1. The number of rotatable bonds is 7. The summed E-state index contributed by atoms with van der Waals surface area (Å²) < 4.78 is 42.0. The lowest BCUT2D eigenvalue weighted by Gasteiger charge is -2.17. The van der Waals surface area contributed by atoms with Crippen LogP contribution in [0.25, 0.3) is 11.1 Å². The molecule has 8 heteroatoms. The number of carboxylic acid groups (broad SMARTS) is 1. The molecule has 0 aromatic heterocycles. The minimum atomic E-state index is -4.37. The molecule has 0 saturated heterocycles. The van der Waals surface area contributed by atoms with Gasteiger partial charge in [0.2, 0.25) is 0 Å². The van der Waals surface area contributed by atoms with Gasteiger partial charge in [-0.05, 0) is 35.1 Å². The first-order valence-electron chi connectivity index (χ1n) is 9.17. The lowest BCUT2D eigenvalue weighted by atomic mass is 9.98. The van der Waals surface area contributed by atoms with Crippen molar-refractivity contribution in [3.05, 3.63) is 59.7 Å². The van der Waals surface area contributed by atoms with Crippen LogP contribution in [0.3, 0.4) is 0 Å². The Hall–Kier alpha value is -3.03. The van der Waals surface area contributed by atoms with E-state index in [4.69, 9.17) is 9.84 Å². The SMILES string of the molecule is O=C(N[C@@H](CCCC(F)(F)F)C(=O)O)OCC1c2ccccc2-c2ccccc21. The van der Waals surface area contributed by atoms with E-state index in [1.807, 2.05) is 48.5 Å². The lowest BCUT2D eigenvalue weighted by Crippen LogP contribution is -2.41. The summed E-state index contributed by atoms with van der Waals surface area (Å²) in [6, 6.07) is 14.0. The van der Waals surface area contributed by atoms with Gasteiger partial charge in [-0.3, -0.25) is 0 Å². The molecule has 1 atom stereocenters. The number of hydrogen-bond acceptors (Lipinski definition) is 3. The van der Waals surface area contributed by atoms with Crippen LogP contribution in [0.1, 0.15) is 36.3 Å². The van der Waals surface area contributed by atoms with E-state index < -0.39 is 37.1 Å². The van der Waals surface area contributed by atoms with E-state index in [1.165, 1.54) is 0 Å². The average molecular weight is 407 g/mol. The molecule has 154 valence electrons. The lowest BCUT2D eigenvalue weighted by molar-refractivity contribution is -0.143. The number of amides is 1. The van der Waals surface area contributed by atoms with E-state index in [0.29, 0.717) is 0 Å². The van der Waals surface area contributed by atoms with Gasteiger partial charge in [-0.25, -0.2) is 9.59 Å². The second kappa shape index (κ2) is 8.55. The zero-order valence-electron chi connectivity index (χ0n) is 15.4. The highest BCUT2D eigenvalue weighted by atomic mass is 19.4. The predicted octanol–water partition coefficient (Wildman–Crippen LogP) is 4.71. The number of halogens is 3. The van der Waals surface area contributed by atoms with Gasteiger partial charge in [-0.15, -0.1) is 0 Å². The van der Waals surface area contributed by atoms with Gasteiger partial charge in [0.25, 0.3) is 0 Å². The van der Waals surface area contributed by atoms with Crippen molar-refractivity contribution in [3.8, 4) is 11.1 Å². The monoisotopic (exact) mass is 407 g/mol. The van der Waals surface area contributed by atoms with Crippen molar-refractivity contribution in [1.29, 1.82) is 0 Å². The van der Waals surface area contributed by atoms with Crippen LogP contribution in [0.2, 0.25) is 0 Å². The number of fused-ring (bicyclic) bond motifs is 3. The van der Waals surface area contributed by atoms with Crippen LogP contribution < -0.4 is 5.32 Å². The number of carbonyl (C=O) groups is 2. The fraction of sp³-hybridized carbons (Fsp3) is 0.333. The van der Waals surface area contributed by atoms with Crippen molar-refractivity contribution in [3.63, 3.8) is 0 Å². The van der Waals surface area contributed by atoms with Crippen molar-refractivity contribution < 1.29 is 32.6 Å². The highest BCUT2D eigenvalue weighted by molar-refractivity contribution is 5.81. The minimum absolute atomic E-state index is 0.00521. The quantitative estimate of drug-likeness (QED) is 0.697. The third-order valence-electron chi connectivity index (χ3n) is 4.89. The van der Waals surface area contributed by atoms with E-state index >= 15 is 0 Å². The molecular formula is C21H20F3NO4. The Morgan fingerprint density at radius 1 is 1.03 bits per heavy atom. The van der Waals surface area contributed by atoms with E-state index in [2.05, 4.69) is 5.32 Å². The van der Waals surface area contributed by atoms with Gasteiger partial charge >= 0.3 is 18.2 Å². The van der Waals surface area contributed by atoms with Crippen LogP contribution in [-0.2, 0) is 9.53 Å². The zero-order chi connectivity index (χ0) is 21.0. The Morgan fingerprint density at radius 2 is 1.59 bits per heavy atom. The minimum Gasteiger partial charge on any atom is -0.480 e. The van der Waals surface area contributed by atoms with E-state index in [0.717, 1.165) is 22.3 Å². The standard InChI is InChI=1S/C21H20F3NO4/c22-21(23,24)11-5-10-18(19(26)27)25-20(28)29-12-17-15-8-3-1-6-13(15)14-7-2-4-9-16(14)17/h1-4,6-9,17-18H,5,10-12H2,(H,25,28)(H,26,27)/t18-/m0/s1. The van der Waals surface area contributed by atoms with Gasteiger partial charge in [0, 0.05) is 12.3 Å². The van der Waals surface area contributed by atoms with E-state index in [1.54, 1.807) is 0 Å². The maximum Gasteiger partial charge on any atom is 0.407 e. The maximum atomic E-state index is 12.2. The van der Waals surface area contributed by atoms with Crippen molar-refractivity contribution in [2.24, 2.45) is 0 Å². The number of benzene rings is 2. The van der Waals surface area contributed by atoms with Crippen molar-refractivity contribution >= 4 is 12.1 Å². The van der Waals surface area contributed by atoms with Gasteiger partial charge in [0.05, 0.1) is 0 Å². The Balaban J connectivity index is 1.61. The van der Waals surface area contributed by atoms with Gasteiger partial charge in [0.15, 0.2) is 0 Å². The third-order valence-corrected chi connectivity index (χ3v) is 4.89. The summed E-state index contributed by atoms with van der Waals surface area (Å²) in [5, 5.41) is 11.3. The first kappa shape index (κ1) is 20.7. The molecule has 29 heavy (non-hydrogen) atoms. The van der Waals surface area contributed by atoms with Crippen molar-refractivity contribution in [1.82, 2.24) is 5.32 Å². The summed E-state index contributed by atoms with van der Waals surface area (Å²) in [5.41, 5.74) is 4.10. The molecule has 0 spiro atoms. The Kier molecular flexibility index (Phi) is 6.10. The van der Waals surface area contributed by atoms with E-state index in [9.17, 15) is 22.8 Å². The van der Waals surface area contributed by atoms with Crippen LogP contribution in [-0.4, -0.2) is 36.0 Å². The Bertz CT molecular complexity index is 852. The number of alkyl halides is 3. The second-order valence-electron chi connectivity index (χ2n) is 6.87. The molecule has 0 aliphatic heterocycles. The number of ether oxygens (including phenoxy) is 1. The first-order valence-corrected chi connectivity index (χ1v) is 9.17. The molecule has 5 nitrogen and oxygen atoms in total. The maximum absolute atomic E-state index is 12.2.